The van der Waals surface area contributed by atoms with Crippen molar-refractivity contribution in [3.8, 4) is 0 Å². The second-order valence-electron chi connectivity index (χ2n) is 3.86. The molecule has 0 unspecified atom stereocenters. The van der Waals surface area contributed by atoms with Gasteiger partial charge in [-0.25, -0.2) is 0 Å². The molecule has 0 aliphatic heterocycles. The molecule has 0 saturated heterocycles. The Labute approximate surface area is 81.7 Å². The third-order valence-corrected chi connectivity index (χ3v) is 2.89. The lowest BCUT2D eigenvalue weighted by atomic mass is 9.84. The predicted molar refractivity (Wildman–Crippen MR) is 52.3 cm³/mol. The summed E-state index contributed by atoms with van der Waals surface area (Å²) in [5.74, 6) is 0.0767. The first-order chi connectivity index (χ1) is 6.79. The zero-order valence-electron chi connectivity index (χ0n) is 8.01. The van der Waals surface area contributed by atoms with Crippen molar-refractivity contribution >= 4 is 5.78 Å². The molecule has 4 heteroatoms. The van der Waals surface area contributed by atoms with E-state index >= 15 is 0 Å². The summed E-state index contributed by atoms with van der Waals surface area (Å²) in [6, 6.07) is 0. The molecule has 0 atom stereocenters. The zero-order chi connectivity index (χ0) is 9.97. The Bertz CT molecular complexity index is 371. The Hall–Kier alpha value is -1.32. The van der Waals surface area contributed by atoms with Gasteiger partial charge in [0.05, 0.1) is 0 Å². The van der Waals surface area contributed by atoms with Crippen molar-refractivity contribution in [3.63, 3.8) is 0 Å². The van der Waals surface area contributed by atoms with Crippen molar-refractivity contribution in [2.45, 2.75) is 32.1 Å². The molecule has 4 nitrogen and oxygen atoms in total. The number of carbonyl (C=O) groups is 1. The predicted octanol–water partition coefficient (Wildman–Crippen LogP) is 1.47. The Kier molecular flexibility index (Phi) is 2.52. The van der Waals surface area contributed by atoms with E-state index in [0.717, 1.165) is 25.7 Å². The maximum atomic E-state index is 11.8. The molecule has 2 N–H and O–H groups in total. The van der Waals surface area contributed by atoms with Crippen molar-refractivity contribution in [1.82, 2.24) is 10.2 Å². The van der Waals surface area contributed by atoms with Crippen LogP contribution in [0.15, 0.2) is 11.0 Å². The fourth-order valence-corrected chi connectivity index (χ4v) is 2.07. The molecule has 1 aromatic rings. The number of hydrogen-bond donors (Lipinski definition) is 2. The molecule has 1 aromatic heterocycles. The molecule has 0 spiro atoms. The number of aromatic nitrogens is 2. The van der Waals surface area contributed by atoms with Gasteiger partial charge in [-0.05, 0) is 12.8 Å². The fourth-order valence-electron chi connectivity index (χ4n) is 2.07. The van der Waals surface area contributed by atoms with Crippen LogP contribution < -0.4 is 5.56 Å². The Balaban J connectivity index is 2.15. The van der Waals surface area contributed by atoms with Crippen LogP contribution >= 0.6 is 0 Å². The van der Waals surface area contributed by atoms with Crippen LogP contribution in [-0.2, 0) is 0 Å². The highest BCUT2D eigenvalue weighted by Gasteiger charge is 2.24. The number of ketones is 1. The third-order valence-electron chi connectivity index (χ3n) is 2.89. The van der Waals surface area contributed by atoms with Crippen LogP contribution in [0, 0.1) is 5.92 Å². The van der Waals surface area contributed by atoms with Crippen LogP contribution in [-0.4, -0.2) is 16.0 Å². The minimum atomic E-state index is -0.291. The lowest BCUT2D eigenvalue weighted by molar-refractivity contribution is 0.0888. The number of aromatic amines is 2. The molecule has 1 aliphatic rings. The second-order valence-corrected chi connectivity index (χ2v) is 3.86. The van der Waals surface area contributed by atoms with Crippen LogP contribution in [0.25, 0.3) is 0 Å². The Morgan fingerprint density at radius 1 is 1.29 bits per heavy atom. The van der Waals surface area contributed by atoms with Gasteiger partial charge in [0.15, 0.2) is 5.78 Å². The number of hydrogen-bond acceptors (Lipinski definition) is 2. The second kappa shape index (κ2) is 3.82. The third kappa shape index (κ3) is 1.64. The van der Waals surface area contributed by atoms with Crippen LogP contribution in [0.4, 0.5) is 0 Å². The SMILES string of the molecule is O=C(c1c[nH][nH]c1=O)C1CCCCC1. The van der Waals surface area contributed by atoms with Gasteiger partial charge in [-0.15, -0.1) is 0 Å². The minimum Gasteiger partial charge on any atom is -0.305 e. The average Bonchev–Trinajstić information content (AvgIpc) is 2.65. The van der Waals surface area contributed by atoms with Crippen LogP contribution in [0.5, 0.6) is 0 Å². The molecular weight excluding hydrogens is 180 g/mol. The summed E-state index contributed by atoms with van der Waals surface area (Å²) in [5, 5.41) is 4.95. The van der Waals surface area contributed by atoms with Gasteiger partial charge < -0.3 is 5.10 Å². The van der Waals surface area contributed by atoms with Crippen molar-refractivity contribution < 1.29 is 4.79 Å². The molecule has 1 aliphatic carbocycles. The summed E-state index contributed by atoms with van der Waals surface area (Å²) < 4.78 is 0. The molecule has 76 valence electrons. The fraction of sp³-hybridized carbons (Fsp3) is 0.600. The average molecular weight is 194 g/mol. The number of rotatable bonds is 2. The van der Waals surface area contributed by atoms with Crippen LogP contribution in [0.1, 0.15) is 42.5 Å². The van der Waals surface area contributed by atoms with E-state index in [1.807, 2.05) is 0 Å². The highest BCUT2D eigenvalue weighted by Crippen LogP contribution is 2.25. The highest BCUT2D eigenvalue weighted by atomic mass is 16.1. The van der Waals surface area contributed by atoms with E-state index in [9.17, 15) is 9.59 Å². The highest BCUT2D eigenvalue weighted by molar-refractivity contribution is 5.97. The maximum absolute atomic E-state index is 11.8. The van der Waals surface area contributed by atoms with E-state index in [1.54, 1.807) is 0 Å². The van der Waals surface area contributed by atoms with Crippen molar-refractivity contribution in [3.05, 3.63) is 22.1 Å². The van der Waals surface area contributed by atoms with Crippen molar-refractivity contribution in [1.29, 1.82) is 0 Å². The summed E-state index contributed by atoms with van der Waals surface area (Å²) in [4.78, 5) is 23.0. The van der Waals surface area contributed by atoms with E-state index in [1.165, 1.54) is 12.6 Å². The molecule has 0 aromatic carbocycles. The normalized spacial score (nSPS) is 18.3. The van der Waals surface area contributed by atoms with Crippen molar-refractivity contribution in [2.24, 2.45) is 5.92 Å². The van der Waals surface area contributed by atoms with E-state index in [2.05, 4.69) is 10.2 Å². The molecule has 14 heavy (non-hydrogen) atoms. The quantitative estimate of drug-likeness (QED) is 0.700. The molecule has 0 bridgehead atoms. The summed E-state index contributed by atoms with van der Waals surface area (Å²) in [6.07, 6.45) is 6.77. The Morgan fingerprint density at radius 3 is 2.57 bits per heavy atom. The van der Waals surface area contributed by atoms with Crippen molar-refractivity contribution in [2.75, 3.05) is 0 Å². The molecule has 1 saturated carbocycles. The van der Waals surface area contributed by atoms with Crippen LogP contribution in [0.2, 0.25) is 0 Å². The molecule has 1 heterocycles. The van der Waals surface area contributed by atoms with Gasteiger partial charge >= 0.3 is 0 Å². The first-order valence-electron chi connectivity index (χ1n) is 5.09. The summed E-state index contributed by atoms with van der Waals surface area (Å²) in [7, 11) is 0. The topological polar surface area (TPSA) is 65.7 Å². The van der Waals surface area contributed by atoms with Gasteiger partial charge in [0, 0.05) is 12.1 Å². The van der Waals surface area contributed by atoms with E-state index < -0.39 is 0 Å². The molecule has 0 amide bonds. The zero-order valence-corrected chi connectivity index (χ0v) is 8.01. The number of carbonyl (C=O) groups excluding carboxylic acids is 1. The first kappa shape index (κ1) is 9.24. The van der Waals surface area contributed by atoms with Crippen LogP contribution in [0.3, 0.4) is 0 Å². The van der Waals surface area contributed by atoms with E-state index in [0.29, 0.717) is 0 Å². The van der Waals surface area contributed by atoms with Gasteiger partial charge in [0.25, 0.3) is 5.56 Å². The number of Topliss-reactive ketones (excluding diaryl/α,β-unsaturated/α-hetero) is 1. The summed E-state index contributed by atoms with van der Waals surface area (Å²) in [6.45, 7) is 0. The molecule has 1 fully saturated rings. The minimum absolute atomic E-state index is 0.00667. The largest absolute Gasteiger partial charge is 0.305 e. The number of H-pyrrole nitrogens is 2. The summed E-state index contributed by atoms with van der Waals surface area (Å²) in [5.41, 5.74) is -0.00234. The maximum Gasteiger partial charge on any atom is 0.274 e. The molecule has 0 radical (unpaired) electrons. The standard InChI is InChI=1S/C10H14N2O2/c13-9(7-4-2-1-3-5-7)8-6-11-12-10(8)14/h6-7H,1-5H2,(H2,11,12,14). The monoisotopic (exact) mass is 194 g/mol. The van der Waals surface area contributed by atoms with Gasteiger partial charge in [-0.2, -0.15) is 0 Å². The first-order valence-corrected chi connectivity index (χ1v) is 5.09. The van der Waals surface area contributed by atoms with E-state index in [-0.39, 0.29) is 22.8 Å². The van der Waals surface area contributed by atoms with Gasteiger partial charge in [-0.3, -0.25) is 14.7 Å². The molecular formula is C10H14N2O2. The Morgan fingerprint density at radius 2 is 2.00 bits per heavy atom. The van der Waals surface area contributed by atoms with E-state index in [4.69, 9.17) is 0 Å². The van der Waals surface area contributed by atoms with Gasteiger partial charge in [0.1, 0.15) is 5.56 Å². The smallest absolute Gasteiger partial charge is 0.274 e. The lowest BCUT2D eigenvalue weighted by Crippen LogP contribution is -2.22. The summed E-state index contributed by atoms with van der Waals surface area (Å²) >= 11 is 0. The van der Waals surface area contributed by atoms with Gasteiger partial charge in [0.2, 0.25) is 0 Å². The van der Waals surface area contributed by atoms with Gasteiger partial charge in [-0.1, -0.05) is 19.3 Å². The molecule has 2 rings (SSSR count). The lowest BCUT2D eigenvalue weighted by Gasteiger charge is -2.19. The number of nitrogens with one attached hydrogen (secondary N) is 2.